The predicted octanol–water partition coefficient (Wildman–Crippen LogP) is 6.45. The van der Waals surface area contributed by atoms with Gasteiger partial charge in [-0.1, -0.05) is 35.9 Å². The summed E-state index contributed by atoms with van der Waals surface area (Å²) in [5.41, 5.74) is -0.575. The summed E-state index contributed by atoms with van der Waals surface area (Å²) >= 11 is 7.88. The van der Waals surface area contributed by atoms with Crippen LogP contribution in [0.2, 0.25) is 5.02 Å². The topological polar surface area (TPSA) is 81.4 Å². The molecule has 0 saturated heterocycles. The zero-order chi connectivity index (χ0) is 26.5. The number of hydrogen-bond acceptors (Lipinski definition) is 6. The van der Waals surface area contributed by atoms with E-state index < -0.39 is 27.6 Å². The van der Waals surface area contributed by atoms with E-state index in [1.807, 2.05) is 0 Å². The van der Waals surface area contributed by atoms with E-state index in [2.05, 4.69) is 9.84 Å². The lowest BCUT2D eigenvalue weighted by Crippen LogP contribution is -2.19. The van der Waals surface area contributed by atoms with E-state index in [0.717, 1.165) is 12.3 Å². The number of para-hydroxylation sites is 2. The van der Waals surface area contributed by atoms with E-state index in [1.165, 1.54) is 54.1 Å². The zero-order valence-electron chi connectivity index (χ0n) is 19.2. The second-order valence-corrected chi connectivity index (χ2v) is 11.9. The summed E-state index contributed by atoms with van der Waals surface area (Å²) in [7, 11) is -3.43. The SMILES string of the molecule is CC(C)(O)c1nn(-c2ccccc2OC(F)(F)F)c(-c2ccc(-c3cccc(S(C)(=O)=O)c3)s2)c1Cl. The molecule has 0 aliphatic carbocycles. The molecule has 0 amide bonds. The molecule has 0 radical (unpaired) electrons. The van der Waals surface area contributed by atoms with Crippen molar-refractivity contribution in [3.05, 3.63) is 71.4 Å². The maximum Gasteiger partial charge on any atom is 0.573 e. The van der Waals surface area contributed by atoms with Gasteiger partial charge in [-0.05, 0) is 55.8 Å². The number of alkyl halides is 3. The van der Waals surface area contributed by atoms with E-state index in [-0.39, 0.29) is 27.0 Å². The first-order chi connectivity index (χ1) is 16.6. The Kier molecular flexibility index (Phi) is 6.71. The zero-order valence-corrected chi connectivity index (χ0v) is 21.6. The minimum absolute atomic E-state index is 0.0313. The summed E-state index contributed by atoms with van der Waals surface area (Å²) in [5, 5.41) is 15.0. The van der Waals surface area contributed by atoms with Crippen molar-refractivity contribution in [1.29, 1.82) is 0 Å². The summed E-state index contributed by atoms with van der Waals surface area (Å²) < 4.78 is 68.6. The number of nitrogens with zero attached hydrogens (tertiary/aromatic N) is 2. The van der Waals surface area contributed by atoms with Crippen LogP contribution in [0.3, 0.4) is 0 Å². The maximum absolute atomic E-state index is 13.1. The molecule has 6 nitrogen and oxygen atoms in total. The Morgan fingerprint density at radius 2 is 1.69 bits per heavy atom. The third kappa shape index (κ3) is 5.44. The Balaban J connectivity index is 1.90. The first-order valence-corrected chi connectivity index (χ1v) is 13.5. The van der Waals surface area contributed by atoms with E-state index in [9.17, 15) is 26.7 Å². The van der Waals surface area contributed by atoms with Gasteiger partial charge in [0, 0.05) is 11.1 Å². The van der Waals surface area contributed by atoms with Crippen LogP contribution >= 0.6 is 22.9 Å². The summed E-state index contributed by atoms with van der Waals surface area (Å²) in [4.78, 5) is 1.38. The molecule has 2 heterocycles. The number of hydrogen-bond donors (Lipinski definition) is 1. The molecule has 0 bridgehead atoms. The minimum atomic E-state index is -4.94. The standard InChI is InChI=1S/C24H20ClF3N2O4S2/c1-23(2,31)22-20(25)21(30(29-22)16-9-4-5-10-17(16)34-24(26,27)28)19-12-11-18(35-19)14-7-6-8-15(13-14)36(3,32)33/h4-13,31H,1-3H3. The van der Waals surface area contributed by atoms with Gasteiger partial charge in [-0.2, -0.15) is 5.10 Å². The largest absolute Gasteiger partial charge is 0.573 e. The number of ether oxygens (including phenoxy) is 1. The summed E-state index contributed by atoms with van der Waals surface area (Å²) in [5.74, 6) is -0.495. The molecule has 190 valence electrons. The van der Waals surface area contributed by atoms with Crippen molar-refractivity contribution in [2.75, 3.05) is 6.26 Å². The highest BCUT2D eigenvalue weighted by Crippen LogP contribution is 2.43. The number of rotatable bonds is 6. The molecule has 2 aromatic carbocycles. The molecule has 0 saturated carbocycles. The fourth-order valence-corrected chi connectivity index (χ4v) is 5.73. The van der Waals surface area contributed by atoms with Crippen LogP contribution in [0.25, 0.3) is 26.7 Å². The van der Waals surface area contributed by atoms with Gasteiger partial charge in [-0.25, -0.2) is 13.1 Å². The lowest BCUT2D eigenvalue weighted by Gasteiger charge is -2.15. The number of thiophene rings is 1. The molecule has 36 heavy (non-hydrogen) atoms. The van der Waals surface area contributed by atoms with Gasteiger partial charge >= 0.3 is 6.36 Å². The minimum Gasteiger partial charge on any atom is -0.403 e. The molecular formula is C24H20ClF3N2O4S2. The Hall–Kier alpha value is -2.86. The lowest BCUT2D eigenvalue weighted by atomic mass is 10.1. The number of aromatic nitrogens is 2. The highest BCUT2D eigenvalue weighted by molar-refractivity contribution is 7.90. The van der Waals surface area contributed by atoms with Crippen molar-refractivity contribution in [2.45, 2.75) is 30.7 Å². The van der Waals surface area contributed by atoms with Crippen LogP contribution in [0.1, 0.15) is 19.5 Å². The molecule has 0 aliphatic rings. The molecule has 0 aliphatic heterocycles. The molecule has 0 spiro atoms. The first-order valence-electron chi connectivity index (χ1n) is 10.4. The first kappa shape index (κ1) is 26.2. The van der Waals surface area contributed by atoms with Gasteiger partial charge in [0.15, 0.2) is 15.6 Å². The Morgan fingerprint density at radius 3 is 2.33 bits per heavy atom. The number of halogens is 4. The number of sulfone groups is 1. The van der Waals surface area contributed by atoms with Crippen molar-refractivity contribution in [1.82, 2.24) is 9.78 Å². The third-order valence-electron chi connectivity index (χ3n) is 5.11. The van der Waals surface area contributed by atoms with E-state index in [0.29, 0.717) is 15.3 Å². The van der Waals surface area contributed by atoms with Gasteiger partial charge in [0.1, 0.15) is 22.7 Å². The van der Waals surface area contributed by atoms with Gasteiger partial charge in [-0.15, -0.1) is 24.5 Å². The van der Waals surface area contributed by atoms with Gasteiger partial charge in [-0.3, -0.25) is 0 Å². The molecule has 1 N–H and O–H groups in total. The van der Waals surface area contributed by atoms with E-state index in [4.69, 9.17) is 11.6 Å². The van der Waals surface area contributed by atoms with Crippen LogP contribution < -0.4 is 4.74 Å². The quantitative estimate of drug-likeness (QED) is 0.295. The number of benzene rings is 2. The third-order valence-corrected chi connectivity index (χ3v) is 7.72. The molecule has 0 unspecified atom stereocenters. The fraction of sp³-hybridized carbons (Fsp3) is 0.208. The highest BCUT2D eigenvalue weighted by atomic mass is 35.5. The van der Waals surface area contributed by atoms with Crippen LogP contribution in [0, 0.1) is 0 Å². The summed E-state index contributed by atoms with van der Waals surface area (Å²) in [6, 6.07) is 15.3. The van der Waals surface area contributed by atoms with Crippen LogP contribution in [0.15, 0.2) is 65.6 Å². The Morgan fingerprint density at radius 1 is 1.03 bits per heavy atom. The van der Waals surface area contributed by atoms with Gasteiger partial charge < -0.3 is 9.84 Å². The maximum atomic E-state index is 13.1. The van der Waals surface area contributed by atoms with Crippen LogP contribution in [0.5, 0.6) is 5.75 Å². The van der Waals surface area contributed by atoms with Gasteiger partial charge in [0.05, 0.1) is 14.8 Å². The van der Waals surface area contributed by atoms with Crippen LogP contribution in [-0.4, -0.2) is 35.9 Å². The molecule has 2 aromatic heterocycles. The summed E-state index contributed by atoms with van der Waals surface area (Å²) in [6.07, 6.45) is -3.82. The molecule has 0 atom stereocenters. The monoisotopic (exact) mass is 556 g/mol. The van der Waals surface area contributed by atoms with Crippen molar-refractivity contribution in [3.63, 3.8) is 0 Å². The molecular weight excluding hydrogens is 537 g/mol. The molecule has 12 heteroatoms. The molecule has 4 rings (SSSR count). The Bertz CT molecular complexity index is 1540. The average molecular weight is 557 g/mol. The van der Waals surface area contributed by atoms with Crippen molar-refractivity contribution < 1.29 is 31.4 Å². The lowest BCUT2D eigenvalue weighted by molar-refractivity contribution is -0.274. The Labute approximate surface area is 214 Å². The van der Waals surface area contributed by atoms with Crippen LogP contribution in [-0.2, 0) is 15.4 Å². The van der Waals surface area contributed by atoms with Gasteiger partial charge in [0.2, 0.25) is 0 Å². The van der Waals surface area contributed by atoms with Crippen molar-refractivity contribution in [3.8, 4) is 32.4 Å². The second-order valence-electron chi connectivity index (χ2n) is 8.46. The van der Waals surface area contributed by atoms with E-state index in [1.54, 1.807) is 30.3 Å². The van der Waals surface area contributed by atoms with Crippen molar-refractivity contribution >= 4 is 32.8 Å². The van der Waals surface area contributed by atoms with E-state index >= 15 is 0 Å². The van der Waals surface area contributed by atoms with Crippen LogP contribution in [0.4, 0.5) is 13.2 Å². The van der Waals surface area contributed by atoms with Gasteiger partial charge in [0.25, 0.3) is 0 Å². The second kappa shape index (κ2) is 9.22. The molecule has 4 aromatic rings. The average Bonchev–Trinajstić information content (AvgIpc) is 3.37. The predicted molar refractivity (Wildman–Crippen MR) is 132 cm³/mol. The smallest absolute Gasteiger partial charge is 0.403 e. The highest BCUT2D eigenvalue weighted by Gasteiger charge is 2.34. The normalized spacial score (nSPS) is 12.7. The fourth-order valence-electron chi connectivity index (χ4n) is 3.52. The molecule has 0 fully saturated rings. The van der Waals surface area contributed by atoms with Crippen molar-refractivity contribution in [2.24, 2.45) is 0 Å². The number of aliphatic hydroxyl groups is 1. The summed E-state index contributed by atoms with van der Waals surface area (Å²) in [6.45, 7) is 2.92.